The molecule has 0 aliphatic rings. The molecule has 0 aliphatic carbocycles. The van der Waals surface area contributed by atoms with E-state index >= 15 is 0 Å². The molecule has 1 N–H and O–H groups in total. The van der Waals surface area contributed by atoms with Crippen molar-refractivity contribution in [3.05, 3.63) is 29.3 Å². The molecule has 0 saturated heterocycles. The number of ether oxygens (including phenoxy) is 2. The van der Waals surface area contributed by atoms with Crippen molar-refractivity contribution in [2.24, 2.45) is 0 Å². The molecule has 0 aliphatic heterocycles. The van der Waals surface area contributed by atoms with Crippen LogP contribution in [0.2, 0.25) is 0 Å². The van der Waals surface area contributed by atoms with Crippen LogP contribution in [-0.4, -0.2) is 25.3 Å². The van der Waals surface area contributed by atoms with Gasteiger partial charge in [0, 0.05) is 19.1 Å². The first kappa shape index (κ1) is 12.5. The van der Waals surface area contributed by atoms with Crippen LogP contribution in [0.25, 0.3) is 0 Å². The molecule has 0 radical (unpaired) electrons. The standard InChI is InChI=1S/C12H16O4/c1-15-8-10-7-9(4-6-12(13)14)3-5-11(10)16-2/h3,5,7H,4,6,8H2,1-2H3,(H,13,14). The van der Waals surface area contributed by atoms with Crippen LogP contribution in [0.5, 0.6) is 5.75 Å². The van der Waals surface area contributed by atoms with Crippen molar-refractivity contribution in [3.8, 4) is 5.75 Å². The van der Waals surface area contributed by atoms with Gasteiger partial charge in [-0.15, -0.1) is 0 Å². The van der Waals surface area contributed by atoms with Gasteiger partial charge in [0.2, 0.25) is 0 Å². The van der Waals surface area contributed by atoms with E-state index in [9.17, 15) is 4.79 Å². The monoisotopic (exact) mass is 224 g/mol. The summed E-state index contributed by atoms with van der Waals surface area (Å²) in [5.74, 6) is -0.0231. The summed E-state index contributed by atoms with van der Waals surface area (Å²) in [6, 6.07) is 5.64. The summed E-state index contributed by atoms with van der Waals surface area (Å²) in [5, 5.41) is 8.60. The van der Waals surface area contributed by atoms with Crippen molar-refractivity contribution in [3.63, 3.8) is 0 Å². The molecule has 88 valence electrons. The minimum Gasteiger partial charge on any atom is -0.496 e. The molecular weight excluding hydrogens is 208 g/mol. The fourth-order valence-electron chi connectivity index (χ4n) is 1.51. The lowest BCUT2D eigenvalue weighted by Gasteiger charge is -2.09. The van der Waals surface area contributed by atoms with Crippen LogP contribution in [0.3, 0.4) is 0 Å². The topological polar surface area (TPSA) is 55.8 Å². The third kappa shape index (κ3) is 3.55. The fraction of sp³-hybridized carbons (Fsp3) is 0.417. The number of carbonyl (C=O) groups is 1. The molecule has 0 unspecified atom stereocenters. The first-order valence-electron chi connectivity index (χ1n) is 5.04. The molecule has 1 rings (SSSR count). The first-order chi connectivity index (χ1) is 7.67. The number of hydrogen-bond donors (Lipinski definition) is 1. The van der Waals surface area contributed by atoms with E-state index in [2.05, 4.69) is 0 Å². The zero-order chi connectivity index (χ0) is 12.0. The number of benzene rings is 1. The number of methoxy groups -OCH3 is 2. The molecule has 0 spiro atoms. The van der Waals surface area contributed by atoms with E-state index in [0.717, 1.165) is 16.9 Å². The highest BCUT2D eigenvalue weighted by molar-refractivity contribution is 5.67. The molecule has 0 atom stereocenters. The molecule has 1 aromatic rings. The molecule has 4 heteroatoms. The van der Waals surface area contributed by atoms with E-state index in [-0.39, 0.29) is 6.42 Å². The minimum absolute atomic E-state index is 0.138. The molecule has 4 nitrogen and oxygen atoms in total. The second-order valence-corrected chi connectivity index (χ2v) is 3.47. The maximum absolute atomic E-state index is 10.5. The van der Waals surface area contributed by atoms with E-state index in [4.69, 9.17) is 14.6 Å². The summed E-state index contributed by atoms with van der Waals surface area (Å²) in [6.07, 6.45) is 0.662. The van der Waals surface area contributed by atoms with Gasteiger partial charge in [-0.1, -0.05) is 6.07 Å². The highest BCUT2D eigenvalue weighted by atomic mass is 16.5. The molecule has 0 aromatic heterocycles. The molecular formula is C12H16O4. The fourth-order valence-corrected chi connectivity index (χ4v) is 1.51. The highest BCUT2D eigenvalue weighted by Gasteiger charge is 2.05. The van der Waals surface area contributed by atoms with Gasteiger partial charge in [0.25, 0.3) is 0 Å². The van der Waals surface area contributed by atoms with Crippen LogP contribution in [0.4, 0.5) is 0 Å². The van der Waals surface area contributed by atoms with E-state index in [0.29, 0.717) is 13.0 Å². The zero-order valence-electron chi connectivity index (χ0n) is 9.53. The summed E-state index contributed by atoms with van der Waals surface area (Å²) in [5.41, 5.74) is 1.92. The Hall–Kier alpha value is -1.55. The number of hydrogen-bond acceptors (Lipinski definition) is 3. The lowest BCUT2D eigenvalue weighted by molar-refractivity contribution is -0.136. The smallest absolute Gasteiger partial charge is 0.303 e. The van der Waals surface area contributed by atoms with Crippen LogP contribution in [0, 0.1) is 0 Å². The van der Waals surface area contributed by atoms with Gasteiger partial charge < -0.3 is 14.6 Å². The number of aryl methyl sites for hydroxylation is 1. The summed E-state index contributed by atoms with van der Waals surface area (Å²) < 4.78 is 10.2. The maximum atomic E-state index is 10.5. The van der Waals surface area contributed by atoms with Crippen LogP contribution >= 0.6 is 0 Å². The predicted octanol–water partition coefficient (Wildman–Crippen LogP) is 1.86. The molecule has 0 heterocycles. The summed E-state index contributed by atoms with van der Waals surface area (Å²) >= 11 is 0. The number of carboxylic acid groups (broad SMARTS) is 1. The second-order valence-electron chi connectivity index (χ2n) is 3.47. The SMILES string of the molecule is COCc1cc(CCC(=O)O)ccc1OC. The van der Waals surface area contributed by atoms with Gasteiger partial charge in [-0.3, -0.25) is 4.79 Å². The minimum atomic E-state index is -0.788. The Morgan fingerprint density at radius 3 is 2.69 bits per heavy atom. The first-order valence-corrected chi connectivity index (χ1v) is 5.04. The third-order valence-electron chi connectivity index (χ3n) is 2.27. The normalized spacial score (nSPS) is 10.1. The number of rotatable bonds is 6. The Morgan fingerprint density at radius 2 is 2.12 bits per heavy atom. The zero-order valence-corrected chi connectivity index (χ0v) is 9.53. The number of aliphatic carboxylic acids is 1. The summed E-state index contributed by atoms with van der Waals surface area (Å²) in [4.78, 5) is 10.5. The average molecular weight is 224 g/mol. The maximum Gasteiger partial charge on any atom is 0.303 e. The predicted molar refractivity (Wildman–Crippen MR) is 59.7 cm³/mol. The van der Waals surface area contributed by atoms with Crippen LogP contribution in [0.1, 0.15) is 17.5 Å². The quantitative estimate of drug-likeness (QED) is 0.801. The third-order valence-corrected chi connectivity index (χ3v) is 2.27. The van der Waals surface area contributed by atoms with Crippen LogP contribution in [0.15, 0.2) is 18.2 Å². The largest absolute Gasteiger partial charge is 0.496 e. The molecule has 16 heavy (non-hydrogen) atoms. The van der Waals surface area contributed by atoms with Gasteiger partial charge in [-0.2, -0.15) is 0 Å². The Kier molecular flexibility index (Phi) is 4.79. The molecule has 1 aromatic carbocycles. The van der Waals surface area contributed by atoms with E-state index in [1.807, 2.05) is 18.2 Å². The van der Waals surface area contributed by atoms with E-state index < -0.39 is 5.97 Å². The average Bonchev–Trinajstić information content (AvgIpc) is 2.27. The number of carboxylic acids is 1. The van der Waals surface area contributed by atoms with Gasteiger partial charge in [0.15, 0.2) is 0 Å². The molecule has 0 saturated carbocycles. The van der Waals surface area contributed by atoms with Gasteiger partial charge in [-0.05, 0) is 24.1 Å². The van der Waals surface area contributed by atoms with Crippen LogP contribution in [-0.2, 0) is 22.6 Å². The Balaban J connectivity index is 2.79. The molecule has 0 bridgehead atoms. The van der Waals surface area contributed by atoms with E-state index in [1.165, 1.54) is 0 Å². The van der Waals surface area contributed by atoms with Crippen molar-refractivity contribution >= 4 is 5.97 Å². The Labute approximate surface area is 94.8 Å². The van der Waals surface area contributed by atoms with Crippen molar-refractivity contribution in [2.75, 3.05) is 14.2 Å². The van der Waals surface area contributed by atoms with Crippen molar-refractivity contribution in [1.82, 2.24) is 0 Å². The van der Waals surface area contributed by atoms with Gasteiger partial charge >= 0.3 is 5.97 Å². The molecule has 0 amide bonds. The molecule has 0 fully saturated rings. The summed E-state index contributed by atoms with van der Waals surface area (Å²) in [6.45, 7) is 0.462. The Bertz CT molecular complexity index is 360. The van der Waals surface area contributed by atoms with Crippen molar-refractivity contribution < 1.29 is 19.4 Å². The summed E-state index contributed by atoms with van der Waals surface area (Å²) in [7, 11) is 3.22. The van der Waals surface area contributed by atoms with Crippen LogP contribution < -0.4 is 4.74 Å². The lowest BCUT2D eigenvalue weighted by atomic mass is 10.1. The van der Waals surface area contributed by atoms with Gasteiger partial charge in [0.1, 0.15) is 5.75 Å². The van der Waals surface area contributed by atoms with Crippen molar-refractivity contribution in [1.29, 1.82) is 0 Å². The Morgan fingerprint density at radius 1 is 1.38 bits per heavy atom. The second kappa shape index (κ2) is 6.12. The van der Waals surface area contributed by atoms with Gasteiger partial charge in [0.05, 0.1) is 13.7 Å². The van der Waals surface area contributed by atoms with Gasteiger partial charge in [-0.25, -0.2) is 0 Å². The van der Waals surface area contributed by atoms with E-state index in [1.54, 1.807) is 14.2 Å². The highest BCUT2D eigenvalue weighted by Crippen LogP contribution is 2.21. The lowest BCUT2D eigenvalue weighted by Crippen LogP contribution is -2.00. The van der Waals surface area contributed by atoms with Crippen molar-refractivity contribution in [2.45, 2.75) is 19.4 Å².